The molecule has 0 bridgehead atoms. The van der Waals surface area contributed by atoms with Gasteiger partial charge in [0.05, 0.1) is 12.6 Å². The third kappa shape index (κ3) is 4.61. The molecule has 1 unspecified atom stereocenters. The van der Waals surface area contributed by atoms with E-state index in [1.54, 1.807) is 17.0 Å². The van der Waals surface area contributed by atoms with Crippen LogP contribution >= 0.6 is 0 Å². The second-order valence-electron chi connectivity index (χ2n) is 4.23. The Morgan fingerprint density at radius 1 is 1.37 bits per heavy atom. The molecule has 4 nitrogen and oxygen atoms in total. The molecule has 0 radical (unpaired) electrons. The highest BCUT2D eigenvalue weighted by molar-refractivity contribution is 5.78. The van der Waals surface area contributed by atoms with Gasteiger partial charge in [0, 0.05) is 25.2 Å². The standard InChI is InChI=1S/C14H21FN2O2/c1-3-17(4-2)14(19)10-16-9-13(18)11-7-5-6-8-12(11)15/h5-8,13,16,18H,3-4,9-10H2,1-2H3. The number of aliphatic hydroxyl groups excluding tert-OH is 1. The molecule has 19 heavy (non-hydrogen) atoms. The van der Waals surface area contributed by atoms with E-state index in [4.69, 9.17) is 0 Å². The number of aliphatic hydroxyl groups is 1. The van der Waals surface area contributed by atoms with Crippen molar-refractivity contribution in [2.75, 3.05) is 26.2 Å². The van der Waals surface area contributed by atoms with Gasteiger partial charge in [-0.2, -0.15) is 0 Å². The molecule has 1 amide bonds. The van der Waals surface area contributed by atoms with Gasteiger partial charge in [-0.05, 0) is 19.9 Å². The molecule has 1 rings (SSSR count). The third-order valence-electron chi connectivity index (χ3n) is 2.99. The van der Waals surface area contributed by atoms with Crippen LogP contribution in [0.25, 0.3) is 0 Å². The summed E-state index contributed by atoms with van der Waals surface area (Å²) in [5, 5.41) is 12.7. The Morgan fingerprint density at radius 2 is 2.00 bits per heavy atom. The number of nitrogens with zero attached hydrogens (tertiary/aromatic N) is 1. The Labute approximate surface area is 113 Å². The predicted octanol–water partition coefficient (Wildman–Crippen LogP) is 1.32. The van der Waals surface area contributed by atoms with Gasteiger partial charge in [0.1, 0.15) is 5.82 Å². The fourth-order valence-electron chi connectivity index (χ4n) is 1.86. The van der Waals surface area contributed by atoms with Crippen LogP contribution in [0.15, 0.2) is 24.3 Å². The molecule has 1 atom stereocenters. The topological polar surface area (TPSA) is 52.6 Å². The molecule has 0 aliphatic rings. The van der Waals surface area contributed by atoms with Crippen LogP contribution in [-0.4, -0.2) is 42.1 Å². The van der Waals surface area contributed by atoms with Crippen molar-refractivity contribution in [2.45, 2.75) is 20.0 Å². The largest absolute Gasteiger partial charge is 0.387 e. The maximum Gasteiger partial charge on any atom is 0.236 e. The van der Waals surface area contributed by atoms with Crippen LogP contribution in [0.4, 0.5) is 4.39 Å². The van der Waals surface area contributed by atoms with E-state index in [0.717, 1.165) is 0 Å². The van der Waals surface area contributed by atoms with Crippen LogP contribution in [0.3, 0.4) is 0 Å². The number of likely N-dealkylation sites (N-methyl/N-ethyl adjacent to an activating group) is 1. The molecule has 1 aromatic carbocycles. The second-order valence-corrected chi connectivity index (χ2v) is 4.23. The quantitative estimate of drug-likeness (QED) is 0.784. The second kappa shape index (κ2) is 7.86. The third-order valence-corrected chi connectivity index (χ3v) is 2.99. The number of rotatable bonds is 7. The van der Waals surface area contributed by atoms with Crippen LogP contribution in [0.5, 0.6) is 0 Å². The highest BCUT2D eigenvalue weighted by atomic mass is 19.1. The summed E-state index contributed by atoms with van der Waals surface area (Å²) in [6.07, 6.45) is -0.953. The maximum atomic E-state index is 13.4. The molecule has 0 saturated heterocycles. The molecule has 0 saturated carbocycles. The Morgan fingerprint density at radius 3 is 2.58 bits per heavy atom. The lowest BCUT2D eigenvalue weighted by Crippen LogP contribution is -2.39. The van der Waals surface area contributed by atoms with E-state index in [1.807, 2.05) is 13.8 Å². The van der Waals surface area contributed by atoms with Crippen molar-refractivity contribution in [1.82, 2.24) is 10.2 Å². The molecule has 0 spiro atoms. The smallest absolute Gasteiger partial charge is 0.236 e. The lowest BCUT2D eigenvalue weighted by Gasteiger charge is -2.19. The average Bonchev–Trinajstić information content (AvgIpc) is 2.40. The van der Waals surface area contributed by atoms with Gasteiger partial charge in [-0.1, -0.05) is 18.2 Å². The van der Waals surface area contributed by atoms with E-state index in [2.05, 4.69) is 5.32 Å². The van der Waals surface area contributed by atoms with Crippen molar-refractivity contribution in [3.05, 3.63) is 35.6 Å². The zero-order valence-corrected chi connectivity index (χ0v) is 11.4. The highest BCUT2D eigenvalue weighted by Crippen LogP contribution is 2.15. The molecule has 2 N–H and O–H groups in total. The molecule has 0 aromatic heterocycles. The zero-order valence-electron chi connectivity index (χ0n) is 11.4. The number of nitrogens with one attached hydrogen (secondary N) is 1. The fourth-order valence-corrected chi connectivity index (χ4v) is 1.86. The van der Waals surface area contributed by atoms with Crippen molar-refractivity contribution in [3.8, 4) is 0 Å². The van der Waals surface area contributed by atoms with E-state index in [0.29, 0.717) is 13.1 Å². The summed E-state index contributed by atoms with van der Waals surface area (Å²) in [7, 11) is 0. The van der Waals surface area contributed by atoms with Gasteiger partial charge < -0.3 is 15.3 Å². The molecule has 0 aliphatic carbocycles. The summed E-state index contributed by atoms with van der Waals surface area (Å²) in [6, 6.07) is 6.08. The first-order valence-corrected chi connectivity index (χ1v) is 6.51. The zero-order chi connectivity index (χ0) is 14.3. The summed E-state index contributed by atoms with van der Waals surface area (Å²) >= 11 is 0. The number of hydrogen-bond acceptors (Lipinski definition) is 3. The minimum atomic E-state index is -0.953. The monoisotopic (exact) mass is 268 g/mol. The van der Waals surface area contributed by atoms with Crippen LogP contribution in [0, 0.1) is 5.82 Å². The molecule has 106 valence electrons. The molecule has 5 heteroatoms. The van der Waals surface area contributed by atoms with Crippen LogP contribution in [-0.2, 0) is 4.79 Å². The van der Waals surface area contributed by atoms with Gasteiger partial charge in [0.25, 0.3) is 0 Å². The van der Waals surface area contributed by atoms with E-state index < -0.39 is 11.9 Å². The van der Waals surface area contributed by atoms with Crippen LogP contribution in [0.2, 0.25) is 0 Å². The number of halogens is 1. The lowest BCUT2D eigenvalue weighted by molar-refractivity contribution is -0.129. The summed E-state index contributed by atoms with van der Waals surface area (Å²) < 4.78 is 13.4. The van der Waals surface area contributed by atoms with E-state index >= 15 is 0 Å². The minimum Gasteiger partial charge on any atom is -0.387 e. The summed E-state index contributed by atoms with van der Waals surface area (Å²) in [5.74, 6) is -0.461. The fraction of sp³-hybridized carbons (Fsp3) is 0.500. The van der Waals surface area contributed by atoms with Gasteiger partial charge in [0.2, 0.25) is 5.91 Å². The first kappa shape index (κ1) is 15.6. The maximum absolute atomic E-state index is 13.4. The predicted molar refractivity (Wildman–Crippen MR) is 72.2 cm³/mol. The van der Waals surface area contributed by atoms with Gasteiger partial charge in [-0.15, -0.1) is 0 Å². The Bertz CT molecular complexity index is 408. The first-order chi connectivity index (χ1) is 9.10. The normalized spacial score (nSPS) is 12.2. The summed E-state index contributed by atoms with van der Waals surface area (Å²) in [6.45, 7) is 5.44. The molecular formula is C14H21FN2O2. The Balaban J connectivity index is 2.41. The Kier molecular flexibility index (Phi) is 6.45. The highest BCUT2D eigenvalue weighted by Gasteiger charge is 2.13. The van der Waals surface area contributed by atoms with Gasteiger partial charge in [-0.25, -0.2) is 4.39 Å². The molecule has 0 heterocycles. The summed E-state index contributed by atoms with van der Waals surface area (Å²) in [4.78, 5) is 13.4. The van der Waals surface area contributed by atoms with Crippen molar-refractivity contribution >= 4 is 5.91 Å². The average molecular weight is 268 g/mol. The van der Waals surface area contributed by atoms with Gasteiger partial charge >= 0.3 is 0 Å². The number of carbonyl (C=O) groups excluding carboxylic acids is 1. The number of amides is 1. The van der Waals surface area contributed by atoms with Crippen molar-refractivity contribution in [1.29, 1.82) is 0 Å². The van der Waals surface area contributed by atoms with Gasteiger partial charge in [-0.3, -0.25) is 4.79 Å². The number of carbonyl (C=O) groups is 1. The number of hydrogen-bond donors (Lipinski definition) is 2. The molecule has 1 aromatic rings. The molecule has 0 aliphatic heterocycles. The minimum absolute atomic E-state index is 0.0225. The van der Waals surface area contributed by atoms with E-state index in [1.165, 1.54) is 12.1 Å². The number of benzene rings is 1. The SMILES string of the molecule is CCN(CC)C(=O)CNCC(O)c1ccccc1F. The van der Waals surface area contributed by atoms with E-state index in [-0.39, 0.29) is 24.6 Å². The van der Waals surface area contributed by atoms with Crippen LogP contribution in [0.1, 0.15) is 25.5 Å². The summed E-state index contributed by atoms with van der Waals surface area (Å²) in [5.41, 5.74) is 0.241. The first-order valence-electron chi connectivity index (χ1n) is 6.51. The molecule has 0 fully saturated rings. The van der Waals surface area contributed by atoms with Gasteiger partial charge in [0.15, 0.2) is 0 Å². The lowest BCUT2D eigenvalue weighted by atomic mass is 10.1. The van der Waals surface area contributed by atoms with E-state index in [9.17, 15) is 14.3 Å². The molecular weight excluding hydrogens is 247 g/mol. The van der Waals surface area contributed by atoms with Crippen molar-refractivity contribution < 1.29 is 14.3 Å². The Hall–Kier alpha value is -1.46. The van der Waals surface area contributed by atoms with Crippen LogP contribution < -0.4 is 5.32 Å². The van der Waals surface area contributed by atoms with Crippen molar-refractivity contribution in [3.63, 3.8) is 0 Å². The van der Waals surface area contributed by atoms with Crippen molar-refractivity contribution in [2.24, 2.45) is 0 Å².